The molecular weight excluding hydrogens is 304 g/mol. The van der Waals surface area contributed by atoms with E-state index in [1.165, 1.54) is 36.4 Å². The molecule has 0 aliphatic rings. The maximum absolute atomic E-state index is 12.4. The Morgan fingerprint density at radius 1 is 1.23 bits per heavy atom. The van der Waals surface area contributed by atoms with Gasteiger partial charge >= 0.3 is 5.97 Å². The minimum atomic E-state index is -3.99. The normalized spacial score (nSPS) is 10.7. The van der Waals surface area contributed by atoms with Crippen LogP contribution >= 0.6 is 0 Å². The average Bonchev–Trinajstić information content (AvgIpc) is 2.49. The Hall–Kier alpha value is -2.85. The van der Waals surface area contributed by atoms with Crippen molar-refractivity contribution in [3.63, 3.8) is 0 Å². The Bertz CT molecular complexity index is 883. The highest BCUT2D eigenvalue weighted by molar-refractivity contribution is 7.92. The molecule has 112 valence electrons. The first-order chi connectivity index (χ1) is 10.3. The highest BCUT2D eigenvalue weighted by atomic mass is 32.2. The number of benzene rings is 2. The van der Waals surface area contributed by atoms with E-state index >= 15 is 0 Å². The van der Waals surface area contributed by atoms with E-state index < -0.39 is 16.0 Å². The zero-order valence-corrected chi connectivity index (χ0v) is 12.4. The summed E-state index contributed by atoms with van der Waals surface area (Å²) >= 11 is 0. The minimum absolute atomic E-state index is 0.0114. The molecule has 0 aromatic heterocycles. The number of aromatic carboxylic acids is 1. The Balaban J connectivity index is 2.50. The Morgan fingerprint density at radius 3 is 2.55 bits per heavy atom. The van der Waals surface area contributed by atoms with Gasteiger partial charge in [0.05, 0.1) is 27.8 Å². The number of carbonyl (C=O) groups is 1. The minimum Gasteiger partial charge on any atom is -0.478 e. The number of nitrogens with one attached hydrogen (secondary N) is 1. The fraction of sp³-hybridized carbons (Fsp3) is 0.0667. The van der Waals surface area contributed by atoms with Crippen molar-refractivity contribution in [1.29, 1.82) is 5.26 Å². The summed E-state index contributed by atoms with van der Waals surface area (Å²) in [6.07, 6.45) is 0. The van der Waals surface area contributed by atoms with E-state index in [1.807, 2.05) is 6.07 Å². The topological polar surface area (TPSA) is 107 Å². The van der Waals surface area contributed by atoms with Gasteiger partial charge in [-0.05, 0) is 36.8 Å². The molecule has 0 amide bonds. The Kier molecular flexibility index (Phi) is 4.15. The molecular formula is C15H12N2O4S. The molecule has 0 saturated carbocycles. The van der Waals surface area contributed by atoms with E-state index in [4.69, 9.17) is 10.4 Å². The summed E-state index contributed by atoms with van der Waals surface area (Å²) in [5.74, 6) is -1.23. The number of anilines is 1. The van der Waals surface area contributed by atoms with Crippen LogP contribution in [0.5, 0.6) is 0 Å². The molecule has 0 fully saturated rings. The Morgan fingerprint density at radius 2 is 1.91 bits per heavy atom. The van der Waals surface area contributed by atoms with Gasteiger partial charge in [0.2, 0.25) is 0 Å². The van der Waals surface area contributed by atoms with Gasteiger partial charge in [0.1, 0.15) is 0 Å². The van der Waals surface area contributed by atoms with Crippen LogP contribution in [0.2, 0.25) is 0 Å². The molecule has 2 aromatic carbocycles. The van der Waals surface area contributed by atoms with Crippen LogP contribution in [0.15, 0.2) is 47.4 Å². The fourth-order valence-corrected chi connectivity index (χ4v) is 3.10. The molecule has 0 spiro atoms. The summed E-state index contributed by atoms with van der Waals surface area (Å²) in [5, 5.41) is 18.0. The van der Waals surface area contributed by atoms with Gasteiger partial charge in [-0.3, -0.25) is 4.72 Å². The third kappa shape index (κ3) is 3.07. The van der Waals surface area contributed by atoms with Crippen molar-refractivity contribution in [1.82, 2.24) is 0 Å². The molecule has 0 saturated heterocycles. The Labute approximate surface area is 127 Å². The molecule has 0 radical (unpaired) electrons. The molecule has 0 aliphatic heterocycles. The van der Waals surface area contributed by atoms with E-state index in [-0.39, 0.29) is 21.7 Å². The second kappa shape index (κ2) is 5.87. The smallest absolute Gasteiger partial charge is 0.337 e. The number of sulfonamides is 1. The van der Waals surface area contributed by atoms with Crippen LogP contribution in [0.4, 0.5) is 5.69 Å². The fourth-order valence-electron chi connectivity index (χ4n) is 1.91. The van der Waals surface area contributed by atoms with Crippen LogP contribution in [-0.4, -0.2) is 19.5 Å². The number of carboxylic acid groups (broad SMARTS) is 1. The van der Waals surface area contributed by atoms with Crippen molar-refractivity contribution in [3.05, 3.63) is 59.2 Å². The lowest BCUT2D eigenvalue weighted by Gasteiger charge is -2.13. The van der Waals surface area contributed by atoms with Gasteiger partial charge in [-0.1, -0.05) is 18.2 Å². The molecule has 2 aromatic rings. The zero-order chi connectivity index (χ0) is 16.3. The first-order valence-corrected chi connectivity index (χ1v) is 7.69. The van der Waals surface area contributed by atoms with Crippen molar-refractivity contribution >= 4 is 21.7 Å². The van der Waals surface area contributed by atoms with Gasteiger partial charge in [-0.15, -0.1) is 0 Å². The highest BCUT2D eigenvalue weighted by Crippen LogP contribution is 2.24. The maximum atomic E-state index is 12.4. The molecule has 2 N–H and O–H groups in total. The van der Waals surface area contributed by atoms with Gasteiger partial charge in [0.25, 0.3) is 10.0 Å². The number of hydrogen-bond acceptors (Lipinski definition) is 4. The van der Waals surface area contributed by atoms with Crippen molar-refractivity contribution < 1.29 is 18.3 Å². The van der Waals surface area contributed by atoms with Gasteiger partial charge in [-0.25, -0.2) is 13.2 Å². The van der Waals surface area contributed by atoms with E-state index in [0.717, 1.165) is 0 Å². The van der Waals surface area contributed by atoms with Crippen molar-refractivity contribution in [2.75, 3.05) is 4.72 Å². The molecule has 0 atom stereocenters. The number of para-hydroxylation sites is 1. The molecule has 0 heterocycles. The lowest BCUT2D eigenvalue weighted by molar-refractivity contribution is 0.0698. The largest absolute Gasteiger partial charge is 0.478 e. The third-order valence-electron chi connectivity index (χ3n) is 3.01. The second-order valence-corrected chi connectivity index (χ2v) is 6.23. The molecule has 22 heavy (non-hydrogen) atoms. The van der Waals surface area contributed by atoms with E-state index in [1.54, 1.807) is 13.0 Å². The number of nitrogens with zero attached hydrogens (tertiary/aromatic N) is 1. The monoisotopic (exact) mass is 316 g/mol. The summed E-state index contributed by atoms with van der Waals surface area (Å²) in [6.45, 7) is 1.61. The predicted molar refractivity (Wildman–Crippen MR) is 80.1 cm³/mol. The standard InChI is InChI=1S/C15H12N2O4S/c1-10-4-2-7-13(15(18)19)14(10)17-22(20,21)12-6-3-5-11(8-12)9-16/h2-8,17H,1H3,(H,18,19). The van der Waals surface area contributed by atoms with E-state index in [9.17, 15) is 13.2 Å². The van der Waals surface area contributed by atoms with Gasteiger partial charge in [-0.2, -0.15) is 5.26 Å². The number of carboxylic acids is 1. The first-order valence-electron chi connectivity index (χ1n) is 6.21. The number of rotatable bonds is 4. The van der Waals surface area contributed by atoms with Crippen molar-refractivity contribution in [3.8, 4) is 6.07 Å². The highest BCUT2D eigenvalue weighted by Gasteiger charge is 2.20. The van der Waals surface area contributed by atoms with E-state index in [2.05, 4.69) is 4.72 Å². The SMILES string of the molecule is Cc1cccc(C(=O)O)c1NS(=O)(=O)c1cccc(C#N)c1. The van der Waals surface area contributed by atoms with Crippen molar-refractivity contribution in [2.45, 2.75) is 11.8 Å². The van der Waals surface area contributed by atoms with Gasteiger partial charge < -0.3 is 5.11 Å². The zero-order valence-electron chi connectivity index (χ0n) is 11.6. The van der Waals surface area contributed by atoms with Crippen LogP contribution in [0.3, 0.4) is 0 Å². The predicted octanol–water partition coefficient (Wildman–Crippen LogP) is 2.37. The first kappa shape index (κ1) is 15.5. The lowest BCUT2D eigenvalue weighted by atomic mass is 10.1. The summed E-state index contributed by atoms with van der Waals surface area (Å²) in [5.41, 5.74) is 0.559. The molecule has 6 nitrogen and oxygen atoms in total. The number of nitriles is 1. The summed E-state index contributed by atoms with van der Waals surface area (Å²) in [4.78, 5) is 11.1. The molecule has 0 bridgehead atoms. The van der Waals surface area contributed by atoms with Crippen LogP contribution in [0.25, 0.3) is 0 Å². The number of aryl methyl sites for hydroxylation is 1. The van der Waals surface area contributed by atoms with Crippen LogP contribution < -0.4 is 4.72 Å². The maximum Gasteiger partial charge on any atom is 0.337 e. The van der Waals surface area contributed by atoms with Crippen LogP contribution in [-0.2, 0) is 10.0 Å². The summed E-state index contributed by atoms with van der Waals surface area (Å²) in [6, 6.07) is 11.8. The van der Waals surface area contributed by atoms with Gasteiger partial charge in [0.15, 0.2) is 0 Å². The number of hydrogen-bond donors (Lipinski definition) is 2. The van der Waals surface area contributed by atoms with Gasteiger partial charge in [0, 0.05) is 0 Å². The lowest BCUT2D eigenvalue weighted by Crippen LogP contribution is -2.16. The third-order valence-corrected chi connectivity index (χ3v) is 4.36. The quantitative estimate of drug-likeness (QED) is 0.900. The second-order valence-electron chi connectivity index (χ2n) is 4.55. The molecule has 0 unspecified atom stereocenters. The van der Waals surface area contributed by atoms with E-state index in [0.29, 0.717) is 5.56 Å². The van der Waals surface area contributed by atoms with Crippen LogP contribution in [0, 0.1) is 18.3 Å². The molecule has 2 rings (SSSR count). The summed E-state index contributed by atoms with van der Waals surface area (Å²) in [7, 11) is -3.99. The summed E-state index contributed by atoms with van der Waals surface area (Å²) < 4.78 is 27.1. The molecule has 0 aliphatic carbocycles. The average molecular weight is 316 g/mol. The van der Waals surface area contributed by atoms with Crippen LogP contribution in [0.1, 0.15) is 21.5 Å². The van der Waals surface area contributed by atoms with Crippen molar-refractivity contribution in [2.24, 2.45) is 0 Å². The molecule has 7 heteroatoms.